The van der Waals surface area contributed by atoms with E-state index in [-0.39, 0.29) is 5.56 Å². The van der Waals surface area contributed by atoms with Crippen LogP contribution in [0, 0.1) is 0 Å². The predicted molar refractivity (Wildman–Crippen MR) is 187 cm³/mol. The lowest BCUT2D eigenvalue weighted by molar-refractivity contribution is 0.0633. The number of hydrogen-bond donors (Lipinski definition) is 2. The van der Waals surface area contributed by atoms with Crippen LogP contribution in [0.15, 0.2) is 91.1 Å². The molecule has 0 atom stereocenters. The van der Waals surface area contributed by atoms with E-state index in [0.717, 1.165) is 27.8 Å². The summed E-state index contributed by atoms with van der Waals surface area (Å²) in [5, 5.41) is 13.0. The van der Waals surface area contributed by atoms with Gasteiger partial charge in [0.05, 0.1) is 29.1 Å². The molecule has 5 rings (SSSR count). The maximum absolute atomic E-state index is 12.3. The van der Waals surface area contributed by atoms with Crippen molar-refractivity contribution in [1.82, 2.24) is 9.55 Å². The van der Waals surface area contributed by atoms with E-state index in [1.807, 2.05) is 65.4 Å². The summed E-state index contributed by atoms with van der Waals surface area (Å²) in [6, 6.07) is 25.6. The fourth-order valence-corrected chi connectivity index (χ4v) is 5.32. The van der Waals surface area contributed by atoms with Crippen LogP contribution in [0.4, 0.5) is 10.5 Å². The van der Waals surface area contributed by atoms with Crippen LogP contribution in [0.1, 0.15) is 48.1 Å². The fraction of sp³-hybridized carbons (Fsp3) is 0.162. The molecule has 1 aromatic heterocycles. The van der Waals surface area contributed by atoms with Crippen molar-refractivity contribution in [3.05, 3.63) is 124 Å². The number of nitrogens with zero attached hydrogens (tertiary/aromatic N) is 2. The third-order valence-electron chi connectivity index (χ3n) is 7.07. The molecular formula is C37H33Cl2N3O5. The second-order valence-electron chi connectivity index (χ2n) is 11.7. The van der Waals surface area contributed by atoms with Gasteiger partial charge in [0.15, 0.2) is 0 Å². The Morgan fingerprint density at radius 2 is 1.62 bits per heavy atom. The van der Waals surface area contributed by atoms with Gasteiger partial charge in [0.2, 0.25) is 0 Å². The molecular weight excluding hydrogens is 637 g/mol. The number of ether oxygens (including phenoxy) is 2. The van der Waals surface area contributed by atoms with Crippen molar-refractivity contribution < 1.29 is 24.2 Å². The molecule has 0 aliphatic heterocycles. The minimum Gasteiger partial charge on any atom is -0.495 e. The molecule has 0 saturated heterocycles. The Bertz CT molecular complexity index is 1940. The highest BCUT2D eigenvalue weighted by Gasteiger charge is 2.18. The van der Waals surface area contributed by atoms with Crippen LogP contribution in [0.25, 0.3) is 34.5 Å². The zero-order valence-corrected chi connectivity index (χ0v) is 27.8. The first kappa shape index (κ1) is 33.3. The molecule has 0 fully saturated rings. The van der Waals surface area contributed by atoms with Crippen LogP contribution >= 0.6 is 23.2 Å². The number of methoxy groups -OCH3 is 1. The third-order valence-corrected chi connectivity index (χ3v) is 7.62. The van der Waals surface area contributed by atoms with Gasteiger partial charge in [0, 0.05) is 23.3 Å². The van der Waals surface area contributed by atoms with Crippen molar-refractivity contribution in [2.75, 3.05) is 12.4 Å². The van der Waals surface area contributed by atoms with Crippen molar-refractivity contribution >= 4 is 53.1 Å². The molecule has 1 heterocycles. The Morgan fingerprint density at radius 3 is 2.26 bits per heavy atom. The average molecular weight is 671 g/mol. The molecule has 2 N–H and O–H groups in total. The number of anilines is 1. The molecule has 0 radical (unpaired) electrons. The molecule has 0 bridgehead atoms. The number of rotatable bonds is 9. The molecule has 1 amide bonds. The molecule has 240 valence electrons. The van der Waals surface area contributed by atoms with Crippen LogP contribution in [0.3, 0.4) is 0 Å². The first-order chi connectivity index (χ1) is 22.4. The maximum atomic E-state index is 12.3. The van der Waals surface area contributed by atoms with Gasteiger partial charge in [0.1, 0.15) is 17.2 Å². The Balaban J connectivity index is 1.38. The van der Waals surface area contributed by atoms with Gasteiger partial charge in [-0.05, 0) is 91.6 Å². The normalized spacial score (nSPS) is 11.4. The predicted octanol–water partition coefficient (Wildman–Crippen LogP) is 9.80. The van der Waals surface area contributed by atoms with Gasteiger partial charge in [-0.25, -0.2) is 14.6 Å². The summed E-state index contributed by atoms with van der Waals surface area (Å²) < 4.78 is 12.9. The Hall–Kier alpha value is -5.05. The SMILES string of the molecule is COc1cc(-c2ccc(/C=C/c3nc(-c4ccc(Cl)cc4Cl)cn3Cc3ccc(C(=O)O)cc3)cc2)ccc1NC(=O)OC(C)(C)C. The van der Waals surface area contributed by atoms with Gasteiger partial charge >= 0.3 is 12.1 Å². The van der Waals surface area contributed by atoms with Crippen LogP contribution in [0.5, 0.6) is 5.75 Å². The Kier molecular flexibility index (Phi) is 10.0. The Morgan fingerprint density at radius 1 is 0.915 bits per heavy atom. The molecule has 47 heavy (non-hydrogen) atoms. The number of halogens is 2. The highest BCUT2D eigenvalue weighted by atomic mass is 35.5. The molecule has 4 aromatic carbocycles. The summed E-state index contributed by atoms with van der Waals surface area (Å²) in [4.78, 5) is 28.4. The largest absolute Gasteiger partial charge is 0.495 e. The first-order valence-corrected chi connectivity index (χ1v) is 15.5. The summed E-state index contributed by atoms with van der Waals surface area (Å²) in [7, 11) is 1.55. The molecule has 0 saturated carbocycles. The van der Waals surface area contributed by atoms with Crippen molar-refractivity contribution in [1.29, 1.82) is 0 Å². The molecule has 8 nitrogen and oxygen atoms in total. The van der Waals surface area contributed by atoms with Crippen LogP contribution in [-0.2, 0) is 11.3 Å². The number of carboxylic acids is 1. The summed E-state index contributed by atoms with van der Waals surface area (Å²) >= 11 is 12.6. The average Bonchev–Trinajstić information content (AvgIpc) is 3.41. The molecule has 0 unspecified atom stereocenters. The van der Waals surface area contributed by atoms with Gasteiger partial charge in [-0.15, -0.1) is 0 Å². The van der Waals surface area contributed by atoms with E-state index >= 15 is 0 Å². The number of carboxylic acid groups (broad SMARTS) is 1. The van der Waals surface area contributed by atoms with Crippen LogP contribution < -0.4 is 10.1 Å². The van der Waals surface area contributed by atoms with Crippen LogP contribution in [0.2, 0.25) is 10.0 Å². The van der Waals surface area contributed by atoms with E-state index < -0.39 is 17.7 Å². The van der Waals surface area contributed by atoms with E-state index in [1.54, 1.807) is 70.3 Å². The molecule has 5 aromatic rings. The number of nitrogens with one attached hydrogen (secondary N) is 1. The number of carbonyl (C=O) groups is 2. The van der Waals surface area contributed by atoms with Crippen molar-refractivity contribution in [3.8, 4) is 28.1 Å². The van der Waals surface area contributed by atoms with E-state index in [0.29, 0.717) is 39.5 Å². The van der Waals surface area contributed by atoms with Gasteiger partial charge in [-0.1, -0.05) is 71.7 Å². The lowest BCUT2D eigenvalue weighted by Gasteiger charge is -2.20. The van der Waals surface area contributed by atoms with Gasteiger partial charge in [-0.2, -0.15) is 0 Å². The summed E-state index contributed by atoms with van der Waals surface area (Å²) in [5.41, 5.74) is 5.31. The molecule has 10 heteroatoms. The highest BCUT2D eigenvalue weighted by Crippen LogP contribution is 2.33. The third kappa shape index (κ3) is 8.61. The van der Waals surface area contributed by atoms with E-state index in [2.05, 4.69) is 5.32 Å². The zero-order chi connectivity index (χ0) is 33.7. The van der Waals surface area contributed by atoms with Crippen molar-refractivity contribution in [3.63, 3.8) is 0 Å². The summed E-state index contributed by atoms with van der Waals surface area (Å²) in [6.45, 7) is 5.88. The van der Waals surface area contributed by atoms with Gasteiger partial charge in [0.25, 0.3) is 0 Å². The van der Waals surface area contributed by atoms with Crippen LogP contribution in [-0.4, -0.2) is 39.4 Å². The number of hydrogen-bond acceptors (Lipinski definition) is 5. The molecule has 0 aliphatic rings. The number of carbonyl (C=O) groups excluding carboxylic acids is 1. The minimum atomic E-state index is -0.972. The van der Waals surface area contributed by atoms with E-state index in [4.69, 9.17) is 37.7 Å². The quantitative estimate of drug-likeness (QED) is 0.162. The second-order valence-corrected chi connectivity index (χ2v) is 12.6. The smallest absolute Gasteiger partial charge is 0.412 e. The van der Waals surface area contributed by atoms with Crippen molar-refractivity contribution in [2.24, 2.45) is 0 Å². The number of imidazole rings is 1. The monoisotopic (exact) mass is 669 g/mol. The number of amides is 1. The topological polar surface area (TPSA) is 103 Å². The number of aromatic nitrogens is 2. The maximum Gasteiger partial charge on any atom is 0.412 e. The lowest BCUT2D eigenvalue weighted by Crippen LogP contribution is -2.27. The van der Waals surface area contributed by atoms with Gasteiger partial charge in [-0.3, -0.25) is 5.32 Å². The fourth-order valence-electron chi connectivity index (χ4n) is 4.81. The molecule has 0 spiro atoms. The standard InChI is InChI=1S/C37H33Cl2N3O5/c1-37(2,3)47-36(45)41-31-17-14-27(19-33(31)46-4)25-10-5-23(6-11-25)9-18-34-40-32(29-16-15-28(38)20-30(29)39)22-42(34)21-24-7-12-26(13-8-24)35(43)44/h5-20,22H,21H2,1-4H3,(H,41,45)(H,43,44)/b18-9+. The van der Waals surface area contributed by atoms with Gasteiger partial charge < -0.3 is 19.1 Å². The van der Waals surface area contributed by atoms with E-state index in [1.165, 1.54) is 0 Å². The Labute approximate surface area is 283 Å². The number of benzene rings is 4. The van der Waals surface area contributed by atoms with E-state index in [9.17, 15) is 14.7 Å². The lowest BCUT2D eigenvalue weighted by atomic mass is 10.0. The summed E-state index contributed by atoms with van der Waals surface area (Å²) in [5.74, 6) is 0.230. The number of aromatic carboxylic acids is 1. The first-order valence-electron chi connectivity index (χ1n) is 14.7. The molecule has 0 aliphatic carbocycles. The van der Waals surface area contributed by atoms with Crippen molar-refractivity contribution in [2.45, 2.75) is 32.9 Å². The zero-order valence-electron chi connectivity index (χ0n) is 26.3. The highest BCUT2D eigenvalue weighted by molar-refractivity contribution is 6.36. The summed E-state index contributed by atoms with van der Waals surface area (Å²) in [6.07, 6.45) is 5.25. The second kappa shape index (κ2) is 14.2. The minimum absolute atomic E-state index is 0.225.